The van der Waals surface area contributed by atoms with E-state index < -0.39 is 0 Å². The number of nitrogens with zero attached hydrogens (tertiary/aromatic N) is 4. The number of hydrogen-bond donors (Lipinski definition) is 0. The van der Waals surface area contributed by atoms with Crippen LogP contribution >= 0.6 is 0 Å². The van der Waals surface area contributed by atoms with Gasteiger partial charge in [0.2, 0.25) is 0 Å². The van der Waals surface area contributed by atoms with Crippen molar-refractivity contribution >= 4 is 6.29 Å². The minimum Gasteiger partial charge on any atom is -0.298 e. The van der Waals surface area contributed by atoms with E-state index in [1.54, 1.807) is 30.6 Å². The lowest BCUT2D eigenvalue weighted by molar-refractivity contribution is 0.112. The molecular formula is C15H10N4O. The van der Waals surface area contributed by atoms with Crippen LogP contribution in [0, 0.1) is 0 Å². The third kappa shape index (κ3) is 2.29. The molecule has 0 bridgehead atoms. The molecule has 20 heavy (non-hydrogen) atoms. The highest BCUT2D eigenvalue weighted by Gasteiger charge is 2.10. The molecule has 96 valence electrons. The molecule has 3 rings (SSSR count). The highest BCUT2D eigenvalue weighted by atomic mass is 16.1. The summed E-state index contributed by atoms with van der Waals surface area (Å²) in [6.07, 6.45) is 7.13. The van der Waals surface area contributed by atoms with E-state index >= 15 is 0 Å². The molecule has 2 aromatic heterocycles. The van der Waals surface area contributed by atoms with Crippen LogP contribution in [0.3, 0.4) is 0 Å². The molecule has 1 aromatic carbocycles. The first-order chi connectivity index (χ1) is 9.88. The molecule has 0 atom stereocenters. The van der Waals surface area contributed by atoms with Gasteiger partial charge in [0.25, 0.3) is 0 Å². The molecule has 0 aliphatic heterocycles. The normalized spacial score (nSPS) is 10.2. The minimum atomic E-state index is 0.594. The van der Waals surface area contributed by atoms with E-state index in [1.807, 2.05) is 12.1 Å². The van der Waals surface area contributed by atoms with Crippen molar-refractivity contribution < 1.29 is 4.79 Å². The molecule has 5 heteroatoms. The first kappa shape index (κ1) is 12.1. The number of aldehydes is 1. The van der Waals surface area contributed by atoms with Gasteiger partial charge in [0.15, 0.2) is 0 Å². The van der Waals surface area contributed by atoms with E-state index in [-0.39, 0.29) is 0 Å². The average molecular weight is 262 g/mol. The Morgan fingerprint density at radius 1 is 0.800 bits per heavy atom. The van der Waals surface area contributed by atoms with Gasteiger partial charge >= 0.3 is 0 Å². The van der Waals surface area contributed by atoms with Crippen molar-refractivity contribution in [3.8, 4) is 22.5 Å². The average Bonchev–Trinajstić information content (AvgIpc) is 2.56. The van der Waals surface area contributed by atoms with Crippen LogP contribution in [0.1, 0.15) is 10.4 Å². The van der Waals surface area contributed by atoms with Crippen LogP contribution in [0.4, 0.5) is 0 Å². The van der Waals surface area contributed by atoms with Gasteiger partial charge in [-0.2, -0.15) is 0 Å². The third-order valence-electron chi connectivity index (χ3n) is 2.90. The number of hydrogen-bond acceptors (Lipinski definition) is 5. The zero-order valence-electron chi connectivity index (χ0n) is 10.5. The van der Waals surface area contributed by atoms with Crippen LogP contribution in [0.15, 0.2) is 55.4 Å². The quantitative estimate of drug-likeness (QED) is 0.678. The van der Waals surface area contributed by atoms with Crippen molar-refractivity contribution in [1.82, 2.24) is 19.9 Å². The molecule has 2 heterocycles. The summed E-state index contributed by atoms with van der Waals surface area (Å²) in [6.45, 7) is 0. The summed E-state index contributed by atoms with van der Waals surface area (Å²) in [5, 5.41) is 0. The van der Waals surface area contributed by atoms with Gasteiger partial charge in [0, 0.05) is 29.1 Å². The summed E-state index contributed by atoms with van der Waals surface area (Å²) < 4.78 is 0. The molecule has 5 nitrogen and oxygen atoms in total. The summed E-state index contributed by atoms with van der Waals surface area (Å²) >= 11 is 0. The maximum absolute atomic E-state index is 11.0. The fourth-order valence-electron chi connectivity index (χ4n) is 1.97. The highest BCUT2D eigenvalue weighted by Crippen LogP contribution is 2.29. The summed E-state index contributed by atoms with van der Waals surface area (Å²) in [6, 6.07) is 9.04. The summed E-state index contributed by atoms with van der Waals surface area (Å²) in [5.74, 6) is 0. The first-order valence-electron chi connectivity index (χ1n) is 6.00. The van der Waals surface area contributed by atoms with Crippen molar-refractivity contribution in [3.05, 3.63) is 60.9 Å². The Kier molecular flexibility index (Phi) is 3.24. The van der Waals surface area contributed by atoms with E-state index in [9.17, 15) is 4.79 Å². The SMILES string of the molecule is O=Cc1ccc(-c2ccncn2)c(-c2ccncn2)c1. The van der Waals surface area contributed by atoms with Crippen molar-refractivity contribution in [1.29, 1.82) is 0 Å². The van der Waals surface area contributed by atoms with Crippen LogP contribution in [0.2, 0.25) is 0 Å². The van der Waals surface area contributed by atoms with Gasteiger partial charge in [0.1, 0.15) is 18.9 Å². The lowest BCUT2D eigenvalue weighted by atomic mass is 9.99. The molecule has 0 aliphatic rings. The Hall–Kier alpha value is -2.95. The molecule has 0 radical (unpaired) electrons. The molecule has 0 N–H and O–H groups in total. The smallest absolute Gasteiger partial charge is 0.150 e. The predicted molar refractivity (Wildman–Crippen MR) is 73.9 cm³/mol. The maximum atomic E-state index is 11.0. The van der Waals surface area contributed by atoms with Gasteiger partial charge < -0.3 is 0 Å². The van der Waals surface area contributed by atoms with Gasteiger partial charge in [-0.15, -0.1) is 0 Å². The Balaban J connectivity index is 2.23. The number of aromatic nitrogens is 4. The van der Waals surface area contributed by atoms with Crippen LogP contribution in [0.25, 0.3) is 22.5 Å². The first-order valence-corrected chi connectivity index (χ1v) is 6.00. The molecular weight excluding hydrogens is 252 g/mol. The Morgan fingerprint density at radius 3 is 2.00 bits per heavy atom. The van der Waals surface area contributed by atoms with E-state index in [0.29, 0.717) is 5.56 Å². The van der Waals surface area contributed by atoms with Crippen LogP contribution < -0.4 is 0 Å². The van der Waals surface area contributed by atoms with Crippen LogP contribution in [-0.4, -0.2) is 26.2 Å². The topological polar surface area (TPSA) is 68.6 Å². The van der Waals surface area contributed by atoms with Gasteiger partial charge in [-0.3, -0.25) is 4.79 Å². The zero-order chi connectivity index (χ0) is 13.8. The predicted octanol–water partition coefficient (Wildman–Crippen LogP) is 2.41. The van der Waals surface area contributed by atoms with E-state index in [1.165, 1.54) is 12.7 Å². The maximum Gasteiger partial charge on any atom is 0.150 e. The second kappa shape index (κ2) is 5.36. The van der Waals surface area contributed by atoms with Crippen LogP contribution in [0.5, 0.6) is 0 Å². The molecule has 0 aliphatic carbocycles. The standard InChI is InChI=1S/C15H10N4O/c20-8-11-1-2-12(14-3-5-16-9-18-14)13(7-11)15-4-6-17-10-19-15/h1-10H. The lowest BCUT2D eigenvalue weighted by Gasteiger charge is -2.09. The van der Waals surface area contributed by atoms with Crippen molar-refractivity contribution in [2.45, 2.75) is 0 Å². The molecule has 3 aromatic rings. The monoisotopic (exact) mass is 262 g/mol. The summed E-state index contributed by atoms with van der Waals surface area (Å²) in [4.78, 5) is 27.3. The number of rotatable bonds is 3. The van der Waals surface area contributed by atoms with Gasteiger partial charge in [-0.1, -0.05) is 12.1 Å². The van der Waals surface area contributed by atoms with Crippen molar-refractivity contribution in [3.63, 3.8) is 0 Å². The van der Waals surface area contributed by atoms with Crippen molar-refractivity contribution in [2.75, 3.05) is 0 Å². The van der Waals surface area contributed by atoms with Gasteiger partial charge in [0.05, 0.1) is 11.4 Å². The number of carbonyl (C=O) groups excluding carboxylic acids is 1. The third-order valence-corrected chi connectivity index (χ3v) is 2.90. The number of benzene rings is 1. The molecule has 0 fully saturated rings. The summed E-state index contributed by atoms with van der Waals surface area (Å²) in [5.41, 5.74) is 3.87. The second-order valence-corrected chi connectivity index (χ2v) is 4.11. The Morgan fingerprint density at radius 2 is 1.45 bits per heavy atom. The number of carbonyl (C=O) groups is 1. The summed E-state index contributed by atoms with van der Waals surface area (Å²) in [7, 11) is 0. The minimum absolute atomic E-state index is 0.594. The molecule has 0 unspecified atom stereocenters. The van der Waals surface area contributed by atoms with E-state index in [0.717, 1.165) is 28.8 Å². The molecule has 0 saturated heterocycles. The van der Waals surface area contributed by atoms with Crippen molar-refractivity contribution in [2.24, 2.45) is 0 Å². The largest absolute Gasteiger partial charge is 0.298 e. The van der Waals surface area contributed by atoms with Gasteiger partial charge in [-0.05, 0) is 18.2 Å². The molecule has 0 amide bonds. The lowest BCUT2D eigenvalue weighted by Crippen LogP contribution is -1.93. The Labute approximate surface area is 115 Å². The highest BCUT2D eigenvalue weighted by molar-refractivity contribution is 5.86. The fraction of sp³-hybridized carbons (Fsp3) is 0. The zero-order valence-corrected chi connectivity index (χ0v) is 10.5. The van der Waals surface area contributed by atoms with E-state index in [2.05, 4.69) is 19.9 Å². The van der Waals surface area contributed by atoms with E-state index in [4.69, 9.17) is 0 Å². The van der Waals surface area contributed by atoms with Gasteiger partial charge in [-0.25, -0.2) is 19.9 Å². The molecule has 0 spiro atoms. The van der Waals surface area contributed by atoms with Crippen LogP contribution in [-0.2, 0) is 0 Å². The fourth-order valence-corrected chi connectivity index (χ4v) is 1.97. The second-order valence-electron chi connectivity index (χ2n) is 4.11. The molecule has 0 saturated carbocycles. The Bertz CT molecular complexity index is 729.